The van der Waals surface area contributed by atoms with Gasteiger partial charge in [-0.25, -0.2) is 5.10 Å². The maximum Gasteiger partial charge on any atom is 0.216 e. The van der Waals surface area contributed by atoms with Gasteiger partial charge in [-0.1, -0.05) is 24.3 Å². The predicted octanol–water partition coefficient (Wildman–Crippen LogP) is 2.80. The Morgan fingerprint density at radius 3 is 2.77 bits per heavy atom. The molecule has 0 atom stereocenters. The minimum absolute atomic E-state index is 0.261. The molecule has 0 saturated heterocycles. The van der Waals surface area contributed by atoms with Crippen LogP contribution in [0.3, 0.4) is 0 Å². The van der Waals surface area contributed by atoms with E-state index in [0.29, 0.717) is 10.6 Å². The van der Waals surface area contributed by atoms with Crippen molar-refractivity contribution in [2.75, 3.05) is 0 Å². The lowest BCUT2D eigenvalue weighted by Crippen LogP contribution is -2.04. The van der Waals surface area contributed by atoms with Crippen molar-refractivity contribution in [2.24, 2.45) is 5.10 Å². The number of nitrogens with zero attached hydrogens (tertiary/aromatic N) is 4. The van der Waals surface area contributed by atoms with Gasteiger partial charge in [0.15, 0.2) is 5.82 Å². The normalized spacial score (nSPS) is 10.9. The molecule has 0 fully saturated rings. The van der Waals surface area contributed by atoms with Crippen LogP contribution in [-0.2, 0) is 6.61 Å². The van der Waals surface area contributed by atoms with Crippen molar-refractivity contribution in [3.05, 3.63) is 71.0 Å². The first-order chi connectivity index (χ1) is 10.8. The lowest BCUT2D eigenvalue weighted by molar-refractivity contribution is 0.290. The Morgan fingerprint density at radius 1 is 1.18 bits per heavy atom. The summed E-state index contributed by atoms with van der Waals surface area (Å²) in [6.45, 7) is 0.261. The molecule has 0 unspecified atom stereocenters. The first-order valence-electron chi connectivity index (χ1n) is 6.62. The Kier molecular flexibility index (Phi) is 4.35. The Labute approximate surface area is 132 Å². The maximum atomic E-state index is 5.66. The SMILES string of the molecule is S=c1[nH]nc(COc2ccccc2)n1/N=C\c1ccccn1. The number of aromatic amines is 1. The molecule has 22 heavy (non-hydrogen) atoms. The zero-order valence-corrected chi connectivity index (χ0v) is 12.4. The van der Waals surface area contributed by atoms with Gasteiger partial charge in [-0.2, -0.15) is 14.9 Å². The molecule has 2 aromatic heterocycles. The van der Waals surface area contributed by atoms with Crippen LogP contribution in [0.15, 0.2) is 59.8 Å². The summed E-state index contributed by atoms with van der Waals surface area (Å²) in [7, 11) is 0. The maximum absolute atomic E-state index is 5.66. The molecule has 0 aliphatic rings. The highest BCUT2D eigenvalue weighted by atomic mass is 32.1. The van der Waals surface area contributed by atoms with Gasteiger partial charge in [-0.3, -0.25) is 4.98 Å². The second-order valence-electron chi connectivity index (χ2n) is 4.36. The van der Waals surface area contributed by atoms with E-state index < -0.39 is 0 Å². The fraction of sp³-hybridized carbons (Fsp3) is 0.0667. The van der Waals surface area contributed by atoms with Gasteiger partial charge in [-0.15, -0.1) is 0 Å². The molecule has 0 radical (unpaired) electrons. The average Bonchev–Trinajstić information content (AvgIpc) is 2.93. The monoisotopic (exact) mass is 311 g/mol. The van der Waals surface area contributed by atoms with Crippen molar-refractivity contribution >= 4 is 18.4 Å². The standard InChI is InChI=1S/C15H13N5OS/c22-15-19-18-14(11-21-13-7-2-1-3-8-13)20(15)17-10-12-6-4-5-9-16-12/h1-10H,11H2,(H,19,22)/b17-10-. The summed E-state index contributed by atoms with van der Waals surface area (Å²) in [6, 6.07) is 15.1. The Bertz CT molecular complexity index is 811. The molecule has 1 N–H and O–H groups in total. The number of aromatic nitrogens is 4. The Hall–Kier alpha value is -2.80. The van der Waals surface area contributed by atoms with Crippen LogP contribution in [0, 0.1) is 4.77 Å². The van der Waals surface area contributed by atoms with Gasteiger partial charge in [0.25, 0.3) is 0 Å². The van der Waals surface area contributed by atoms with E-state index in [9.17, 15) is 0 Å². The molecule has 0 amide bonds. The zero-order chi connectivity index (χ0) is 15.2. The van der Waals surface area contributed by atoms with E-state index in [4.69, 9.17) is 17.0 Å². The van der Waals surface area contributed by atoms with Crippen LogP contribution < -0.4 is 4.74 Å². The van der Waals surface area contributed by atoms with Gasteiger partial charge in [0, 0.05) is 6.20 Å². The molecule has 110 valence electrons. The fourth-order valence-corrected chi connectivity index (χ4v) is 1.97. The van der Waals surface area contributed by atoms with Crippen molar-refractivity contribution in [3.63, 3.8) is 0 Å². The molecule has 0 aliphatic heterocycles. The molecule has 3 aromatic rings. The van der Waals surface area contributed by atoms with Crippen LogP contribution in [0.25, 0.3) is 0 Å². The third kappa shape index (κ3) is 3.44. The van der Waals surface area contributed by atoms with Crippen molar-refractivity contribution in [1.82, 2.24) is 19.9 Å². The lowest BCUT2D eigenvalue weighted by Gasteiger charge is -2.04. The Balaban J connectivity index is 1.76. The summed E-state index contributed by atoms with van der Waals surface area (Å²) in [5.74, 6) is 1.35. The van der Waals surface area contributed by atoms with E-state index in [1.54, 1.807) is 12.4 Å². The molecule has 0 saturated carbocycles. The van der Waals surface area contributed by atoms with Crippen LogP contribution in [0.5, 0.6) is 5.75 Å². The smallest absolute Gasteiger partial charge is 0.216 e. The number of ether oxygens (including phenoxy) is 1. The molecule has 0 aliphatic carbocycles. The number of H-pyrrole nitrogens is 1. The van der Waals surface area contributed by atoms with Gasteiger partial charge >= 0.3 is 0 Å². The van der Waals surface area contributed by atoms with Crippen molar-refractivity contribution in [3.8, 4) is 5.75 Å². The molecular weight excluding hydrogens is 298 g/mol. The average molecular weight is 311 g/mol. The van der Waals surface area contributed by atoms with Gasteiger partial charge in [0.2, 0.25) is 4.77 Å². The highest BCUT2D eigenvalue weighted by molar-refractivity contribution is 7.71. The zero-order valence-electron chi connectivity index (χ0n) is 11.6. The molecule has 0 spiro atoms. The van der Waals surface area contributed by atoms with Crippen LogP contribution in [0.2, 0.25) is 0 Å². The van der Waals surface area contributed by atoms with Crippen LogP contribution in [0.4, 0.5) is 0 Å². The van der Waals surface area contributed by atoms with Crippen LogP contribution >= 0.6 is 12.2 Å². The summed E-state index contributed by atoms with van der Waals surface area (Å²) >= 11 is 5.17. The highest BCUT2D eigenvalue weighted by Gasteiger charge is 2.06. The van der Waals surface area contributed by atoms with E-state index in [2.05, 4.69) is 20.3 Å². The third-order valence-corrected chi connectivity index (χ3v) is 3.09. The molecule has 0 bridgehead atoms. The number of rotatable bonds is 5. The molecular formula is C15H13N5OS. The van der Waals surface area contributed by atoms with Crippen molar-refractivity contribution < 1.29 is 4.74 Å². The molecule has 1 aromatic carbocycles. The number of nitrogens with one attached hydrogen (secondary N) is 1. The lowest BCUT2D eigenvalue weighted by atomic mass is 10.3. The van der Waals surface area contributed by atoms with E-state index >= 15 is 0 Å². The van der Waals surface area contributed by atoms with Gasteiger partial charge in [0.1, 0.15) is 12.4 Å². The van der Waals surface area contributed by atoms with E-state index in [0.717, 1.165) is 11.4 Å². The summed E-state index contributed by atoms with van der Waals surface area (Å²) in [6.07, 6.45) is 3.33. The number of hydrogen-bond acceptors (Lipinski definition) is 5. The van der Waals surface area contributed by atoms with Gasteiger partial charge in [-0.05, 0) is 36.5 Å². The van der Waals surface area contributed by atoms with E-state index in [-0.39, 0.29) is 6.61 Å². The van der Waals surface area contributed by atoms with Crippen LogP contribution in [0.1, 0.15) is 11.5 Å². The fourth-order valence-electron chi connectivity index (χ4n) is 1.77. The number of pyridine rings is 1. The summed E-state index contributed by atoms with van der Waals surface area (Å²) in [5, 5.41) is 11.1. The first-order valence-corrected chi connectivity index (χ1v) is 7.03. The van der Waals surface area contributed by atoms with Crippen LogP contribution in [-0.4, -0.2) is 26.1 Å². The molecule has 7 heteroatoms. The molecule has 6 nitrogen and oxygen atoms in total. The number of benzene rings is 1. The van der Waals surface area contributed by atoms with Crippen molar-refractivity contribution in [1.29, 1.82) is 0 Å². The minimum Gasteiger partial charge on any atom is -0.486 e. The van der Waals surface area contributed by atoms with E-state index in [1.807, 2.05) is 48.5 Å². The Morgan fingerprint density at radius 2 is 2.00 bits per heavy atom. The topological polar surface area (TPSA) is 68.1 Å². The second kappa shape index (κ2) is 6.77. The largest absolute Gasteiger partial charge is 0.486 e. The third-order valence-electron chi connectivity index (χ3n) is 2.82. The van der Waals surface area contributed by atoms with E-state index in [1.165, 1.54) is 4.68 Å². The highest BCUT2D eigenvalue weighted by Crippen LogP contribution is 2.10. The quantitative estimate of drug-likeness (QED) is 0.581. The van der Waals surface area contributed by atoms with Gasteiger partial charge < -0.3 is 4.74 Å². The molecule has 2 heterocycles. The minimum atomic E-state index is 0.261. The van der Waals surface area contributed by atoms with Gasteiger partial charge in [0.05, 0.1) is 11.9 Å². The predicted molar refractivity (Wildman–Crippen MR) is 85.4 cm³/mol. The number of para-hydroxylation sites is 1. The molecule has 3 rings (SSSR count). The summed E-state index contributed by atoms with van der Waals surface area (Å²) < 4.78 is 7.58. The van der Waals surface area contributed by atoms with Crippen molar-refractivity contribution in [2.45, 2.75) is 6.61 Å². The second-order valence-corrected chi connectivity index (χ2v) is 4.74. The summed E-state index contributed by atoms with van der Waals surface area (Å²) in [5.41, 5.74) is 0.737. The number of hydrogen-bond donors (Lipinski definition) is 1. The summed E-state index contributed by atoms with van der Waals surface area (Å²) in [4.78, 5) is 4.17. The first kappa shape index (κ1) is 14.2.